The molecule has 0 bridgehead atoms. The van der Waals surface area contributed by atoms with E-state index in [1.54, 1.807) is 0 Å². The highest BCUT2D eigenvalue weighted by Gasteiger charge is 2.20. The molecular formula is C11H14ClN3O2. The molecule has 92 valence electrons. The maximum Gasteiger partial charge on any atom is 0.339 e. The van der Waals surface area contributed by atoms with Crippen molar-refractivity contribution in [3.8, 4) is 0 Å². The van der Waals surface area contributed by atoms with Gasteiger partial charge in [-0.15, -0.1) is 10.2 Å². The molecular weight excluding hydrogens is 242 g/mol. The second-order valence-electron chi connectivity index (χ2n) is 4.11. The Bertz CT molecular complexity index is 417. The first-order valence-corrected chi connectivity index (χ1v) is 6.08. The molecule has 0 aliphatic carbocycles. The highest BCUT2D eigenvalue weighted by molar-refractivity contribution is 6.29. The van der Waals surface area contributed by atoms with Gasteiger partial charge in [0.15, 0.2) is 11.0 Å². The summed E-state index contributed by atoms with van der Waals surface area (Å²) in [7, 11) is 0. The van der Waals surface area contributed by atoms with E-state index in [-0.39, 0.29) is 10.7 Å². The third kappa shape index (κ3) is 2.85. The number of nitrogens with zero attached hydrogens (tertiary/aromatic N) is 3. The second-order valence-corrected chi connectivity index (χ2v) is 4.50. The zero-order valence-corrected chi connectivity index (χ0v) is 10.2. The van der Waals surface area contributed by atoms with Crippen LogP contribution in [-0.4, -0.2) is 34.4 Å². The number of anilines is 1. The van der Waals surface area contributed by atoms with Crippen LogP contribution in [-0.2, 0) is 0 Å². The fraction of sp³-hybridized carbons (Fsp3) is 0.545. The van der Waals surface area contributed by atoms with Crippen molar-refractivity contribution >= 4 is 23.4 Å². The van der Waals surface area contributed by atoms with Crippen molar-refractivity contribution in [1.82, 2.24) is 10.2 Å². The largest absolute Gasteiger partial charge is 0.478 e. The third-order valence-corrected chi connectivity index (χ3v) is 3.07. The molecule has 6 heteroatoms. The van der Waals surface area contributed by atoms with Crippen LogP contribution in [0.25, 0.3) is 0 Å². The van der Waals surface area contributed by atoms with Crippen molar-refractivity contribution in [2.45, 2.75) is 25.7 Å². The quantitative estimate of drug-likeness (QED) is 0.878. The lowest BCUT2D eigenvalue weighted by molar-refractivity contribution is 0.0697. The molecule has 0 spiro atoms. The van der Waals surface area contributed by atoms with E-state index in [9.17, 15) is 4.79 Å². The van der Waals surface area contributed by atoms with Gasteiger partial charge in [-0.25, -0.2) is 4.79 Å². The standard InChI is InChI=1S/C11H14ClN3O2/c12-9-7-8(11(16)17)10(14-13-9)15-5-3-1-2-4-6-15/h7H,1-6H2,(H,16,17). The first-order chi connectivity index (χ1) is 8.18. The lowest BCUT2D eigenvalue weighted by Crippen LogP contribution is -2.27. The summed E-state index contributed by atoms with van der Waals surface area (Å²) >= 11 is 5.68. The predicted molar refractivity (Wildman–Crippen MR) is 64.7 cm³/mol. The van der Waals surface area contributed by atoms with Gasteiger partial charge in [0.1, 0.15) is 5.56 Å². The average Bonchev–Trinajstić information content (AvgIpc) is 2.57. The topological polar surface area (TPSA) is 66.3 Å². The number of halogens is 1. The van der Waals surface area contributed by atoms with Gasteiger partial charge in [-0.1, -0.05) is 24.4 Å². The zero-order chi connectivity index (χ0) is 12.3. The molecule has 2 rings (SSSR count). The minimum absolute atomic E-state index is 0.112. The summed E-state index contributed by atoms with van der Waals surface area (Å²) in [5, 5.41) is 16.9. The van der Waals surface area contributed by atoms with Crippen molar-refractivity contribution < 1.29 is 9.90 Å². The smallest absolute Gasteiger partial charge is 0.339 e. The van der Waals surface area contributed by atoms with Crippen LogP contribution in [0, 0.1) is 0 Å². The SMILES string of the molecule is O=C(O)c1cc(Cl)nnc1N1CCCCCC1. The lowest BCUT2D eigenvalue weighted by Gasteiger charge is -2.22. The Morgan fingerprint density at radius 3 is 2.47 bits per heavy atom. The molecule has 1 aromatic heterocycles. The number of hydrogen-bond donors (Lipinski definition) is 1. The molecule has 0 radical (unpaired) electrons. The minimum Gasteiger partial charge on any atom is -0.478 e. The minimum atomic E-state index is -1.01. The molecule has 1 aromatic rings. The number of aromatic nitrogens is 2. The first kappa shape index (κ1) is 12.1. The summed E-state index contributed by atoms with van der Waals surface area (Å²) in [5.41, 5.74) is 0.131. The maximum atomic E-state index is 11.1. The second kappa shape index (κ2) is 5.31. The molecule has 1 fully saturated rings. The van der Waals surface area contributed by atoms with Crippen LogP contribution in [0.5, 0.6) is 0 Å². The molecule has 1 saturated heterocycles. The van der Waals surface area contributed by atoms with Crippen LogP contribution < -0.4 is 4.90 Å². The predicted octanol–water partition coefficient (Wildman–Crippen LogP) is 2.21. The average molecular weight is 256 g/mol. The van der Waals surface area contributed by atoms with Crippen LogP contribution in [0.15, 0.2) is 6.07 Å². The van der Waals surface area contributed by atoms with Crippen LogP contribution in [0.3, 0.4) is 0 Å². The van der Waals surface area contributed by atoms with E-state index in [1.807, 2.05) is 4.90 Å². The molecule has 0 unspecified atom stereocenters. The Labute approximate surface area is 104 Å². The summed E-state index contributed by atoms with van der Waals surface area (Å²) in [6.07, 6.45) is 4.48. The third-order valence-electron chi connectivity index (χ3n) is 2.88. The van der Waals surface area contributed by atoms with E-state index >= 15 is 0 Å². The van der Waals surface area contributed by atoms with E-state index in [1.165, 1.54) is 18.9 Å². The molecule has 0 amide bonds. The number of carboxylic acids is 1. The van der Waals surface area contributed by atoms with E-state index in [0.717, 1.165) is 25.9 Å². The van der Waals surface area contributed by atoms with Gasteiger partial charge in [0, 0.05) is 13.1 Å². The lowest BCUT2D eigenvalue weighted by atomic mass is 10.2. The Kier molecular flexibility index (Phi) is 3.78. The van der Waals surface area contributed by atoms with Gasteiger partial charge in [0.05, 0.1) is 0 Å². The number of aromatic carboxylic acids is 1. The van der Waals surface area contributed by atoms with Gasteiger partial charge >= 0.3 is 5.97 Å². The molecule has 0 atom stereocenters. The monoisotopic (exact) mass is 255 g/mol. The number of carboxylic acid groups (broad SMARTS) is 1. The fourth-order valence-corrected chi connectivity index (χ4v) is 2.18. The van der Waals surface area contributed by atoms with E-state index in [2.05, 4.69) is 10.2 Å². The van der Waals surface area contributed by atoms with Crippen molar-refractivity contribution in [3.05, 3.63) is 16.8 Å². The zero-order valence-electron chi connectivity index (χ0n) is 9.40. The Morgan fingerprint density at radius 2 is 1.88 bits per heavy atom. The molecule has 0 aromatic carbocycles. The number of carbonyl (C=O) groups is 1. The maximum absolute atomic E-state index is 11.1. The summed E-state index contributed by atoms with van der Waals surface area (Å²) in [6.45, 7) is 1.66. The summed E-state index contributed by atoms with van der Waals surface area (Å²) in [4.78, 5) is 13.1. The molecule has 1 aliphatic heterocycles. The van der Waals surface area contributed by atoms with Gasteiger partial charge in [0.25, 0.3) is 0 Å². The summed E-state index contributed by atoms with van der Waals surface area (Å²) < 4.78 is 0. The normalized spacial score (nSPS) is 16.6. The van der Waals surface area contributed by atoms with Crippen LogP contribution in [0.2, 0.25) is 5.15 Å². The highest BCUT2D eigenvalue weighted by Crippen LogP contribution is 2.22. The van der Waals surface area contributed by atoms with Crippen molar-refractivity contribution in [2.24, 2.45) is 0 Å². The number of hydrogen-bond acceptors (Lipinski definition) is 4. The molecule has 0 saturated carbocycles. The highest BCUT2D eigenvalue weighted by atomic mass is 35.5. The molecule has 17 heavy (non-hydrogen) atoms. The van der Waals surface area contributed by atoms with Gasteiger partial charge in [-0.2, -0.15) is 0 Å². The van der Waals surface area contributed by atoms with E-state index in [4.69, 9.17) is 16.7 Å². The van der Waals surface area contributed by atoms with Gasteiger partial charge in [-0.05, 0) is 18.9 Å². The molecule has 2 heterocycles. The molecule has 1 aliphatic rings. The first-order valence-electron chi connectivity index (χ1n) is 5.70. The Balaban J connectivity index is 2.32. The van der Waals surface area contributed by atoms with Gasteiger partial charge in [-0.3, -0.25) is 0 Å². The fourth-order valence-electron chi connectivity index (χ4n) is 2.03. The van der Waals surface area contributed by atoms with Crippen molar-refractivity contribution in [2.75, 3.05) is 18.0 Å². The Morgan fingerprint density at radius 1 is 1.24 bits per heavy atom. The Hall–Kier alpha value is -1.36. The van der Waals surface area contributed by atoms with Gasteiger partial charge < -0.3 is 10.0 Å². The number of rotatable bonds is 2. The van der Waals surface area contributed by atoms with E-state index < -0.39 is 5.97 Å². The van der Waals surface area contributed by atoms with E-state index in [0.29, 0.717) is 5.82 Å². The molecule has 1 N–H and O–H groups in total. The van der Waals surface area contributed by atoms with Crippen molar-refractivity contribution in [1.29, 1.82) is 0 Å². The van der Waals surface area contributed by atoms with Crippen molar-refractivity contribution in [3.63, 3.8) is 0 Å². The van der Waals surface area contributed by atoms with Crippen LogP contribution >= 0.6 is 11.6 Å². The van der Waals surface area contributed by atoms with Gasteiger partial charge in [0.2, 0.25) is 0 Å². The molecule has 5 nitrogen and oxygen atoms in total. The van der Waals surface area contributed by atoms with Crippen LogP contribution in [0.4, 0.5) is 5.82 Å². The summed E-state index contributed by atoms with van der Waals surface area (Å²) in [6, 6.07) is 1.36. The van der Waals surface area contributed by atoms with Crippen LogP contribution in [0.1, 0.15) is 36.0 Å². The summed E-state index contributed by atoms with van der Waals surface area (Å²) in [5.74, 6) is -0.579.